The molecule has 4 rings (SSSR count). The zero-order chi connectivity index (χ0) is 20.7. The molecule has 6 heteroatoms. The lowest BCUT2D eigenvalue weighted by atomic mass is 9.91. The molecule has 0 aromatic heterocycles. The molecule has 2 aliphatic rings. The van der Waals surface area contributed by atoms with Gasteiger partial charge in [0.2, 0.25) is 0 Å². The van der Waals surface area contributed by atoms with E-state index in [2.05, 4.69) is 29.8 Å². The van der Waals surface area contributed by atoms with E-state index in [1.165, 1.54) is 17.0 Å². The van der Waals surface area contributed by atoms with Crippen LogP contribution >= 0.6 is 15.9 Å². The molecule has 2 unspecified atom stereocenters. The third-order valence-electron chi connectivity index (χ3n) is 5.44. The molecule has 0 radical (unpaired) electrons. The number of nitrogens with zero attached hydrogens (tertiary/aromatic N) is 2. The number of halogens is 2. The molecule has 4 nitrogen and oxygen atoms in total. The Kier molecular flexibility index (Phi) is 5.30. The lowest BCUT2D eigenvalue weighted by molar-refractivity contribution is -0.120. The first-order valence-corrected chi connectivity index (χ1v) is 10.5. The maximum atomic E-state index is 13.5. The number of benzene rings is 2. The normalized spacial score (nSPS) is 22.6. The smallest absolute Gasteiger partial charge is 0.282 e. The van der Waals surface area contributed by atoms with Crippen LogP contribution in [0.4, 0.5) is 10.1 Å². The van der Waals surface area contributed by atoms with Crippen LogP contribution in [-0.2, 0) is 9.59 Å². The lowest BCUT2D eigenvalue weighted by Gasteiger charge is -2.37. The predicted molar refractivity (Wildman–Crippen MR) is 114 cm³/mol. The molecular weight excluding hydrogens is 435 g/mol. The summed E-state index contributed by atoms with van der Waals surface area (Å²) in [4.78, 5) is 30.2. The van der Waals surface area contributed by atoms with Gasteiger partial charge in [0.25, 0.3) is 11.8 Å². The second kappa shape index (κ2) is 7.75. The first-order valence-electron chi connectivity index (χ1n) is 9.74. The van der Waals surface area contributed by atoms with Crippen molar-refractivity contribution in [1.29, 1.82) is 0 Å². The SMILES string of the molecule is CC1CC(C)CN(C2=C(c3ccc(F)cc3)C(=O)N(c3cccc(Br)c3)C2=O)C1. The van der Waals surface area contributed by atoms with E-state index in [1.807, 2.05) is 11.0 Å². The van der Waals surface area contributed by atoms with Gasteiger partial charge in [0.1, 0.15) is 11.5 Å². The third-order valence-corrected chi connectivity index (χ3v) is 5.94. The number of piperidine rings is 1. The lowest BCUT2D eigenvalue weighted by Crippen LogP contribution is -2.42. The molecule has 0 N–H and O–H groups in total. The van der Waals surface area contributed by atoms with Gasteiger partial charge in [-0.2, -0.15) is 0 Å². The quantitative estimate of drug-likeness (QED) is 0.619. The Labute approximate surface area is 178 Å². The summed E-state index contributed by atoms with van der Waals surface area (Å²) in [5, 5.41) is 0. The zero-order valence-electron chi connectivity index (χ0n) is 16.4. The van der Waals surface area contributed by atoms with Crippen LogP contribution in [0.25, 0.3) is 5.57 Å². The zero-order valence-corrected chi connectivity index (χ0v) is 17.9. The van der Waals surface area contributed by atoms with Crippen LogP contribution in [0.3, 0.4) is 0 Å². The number of carbonyl (C=O) groups excluding carboxylic acids is 2. The maximum Gasteiger partial charge on any atom is 0.282 e. The van der Waals surface area contributed by atoms with Crippen molar-refractivity contribution in [3.63, 3.8) is 0 Å². The van der Waals surface area contributed by atoms with Crippen molar-refractivity contribution in [3.8, 4) is 0 Å². The average Bonchev–Trinajstić information content (AvgIpc) is 2.92. The van der Waals surface area contributed by atoms with Crippen molar-refractivity contribution in [2.75, 3.05) is 18.0 Å². The fourth-order valence-corrected chi connectivity index (χ4v) is 4.77. The molecule has 2 aliphatic heterocycles. The molecular formula is C23H22BrFN2O2. The summed E-state index contributed by atoms with van der Waals surface area (Å²) in [7, 11) is 0. The number of carbonyl (C=O) groups is 2. The van der Waals surface area contributed by atoms with Gasteiger partial charge < -0.3 is 4.90 Å². The highest BCUT2D eigenvalue weighted by atomic mass is 79.9. The first-order chi connectivity index (χ1) is 13.8. The summed E-state index contributed by atoms with van der Waals surface area (Å²) in [6, 6.07) is 12.9. The molecule has 0 bridgehead atoms. The predicted octanol–water partition coefficient (Wildman–Crippen LogP) is 4.85. The van der Waals surface area contributed by atoms with Crippen molar-refractivity contribution in [2.24, 2.45) is 11.8 Å². The van der Waals surface area contributed by atoms with Crippen molar-refractivity contribution < 1.29 is 14.0 Å². The minimum Gasteiger partial charge on any atom is -0.366 e. The topological polar surface area (TPSA) is 40.6 Å². The van der Waals surface area contributed by atoms with Gasteiger partial charge in [-0.25, -0.2) is 9.29 Å². The Bertz CT molecular complexity index is 992. The van der Waals surface area contributed by atoms with Crippen LogP contribution in [-0.4, -0.2) is 29.8 Å². The monoisotopic (exact) mass is 456 g/mol. The van der Waals surface area contributed by atoms with Crippen LogP contribution in [0.5, 0.6) is 0 Å². The molecule has 150 valence electrons. The number of amides is 2. The number of imide groups is 1. The molecule has 2 amide bonds. The van der Waals surface area contributed by atoms with E-state index in [9.17, 15) is 14.0 Å². The molecule has 0 saturated carbocycles. The molecule has 1 saturated heterocycles. The van der Waals surface area contributed by atoms with E-state index in [4.69, 9.17) is 0 Å². The van der Waals surface area contributed by atoms with Crippen LogP contribution in [0.2, 0.25) is 0 Å². The third kappa shape index (κ3) is 3.73. The number of anilines is 1. The highest BCUT2D eigenvalue weighted by molar-refractivity contribution is 9.10. The minimum atomic E-state index is -0.378. The summed E-state index contributed by atoms with van der Waals surface area (Å²) in [6.45, 7) is 5.76. The Hall–Kier alpha value is -2.47. The molecule has 29 heavy (non-hydrogen) atoms. The molecule has 2 aromatic carbocycles. The maximum absolute atomic E-state index is 13.5. The minimum absolute atomic E-state index is 0.325. The molecule has 2 aromatic rings. The molecule has 2 heterocycles. The fraction of sp³-hybridized carbons (Fsp3) is 0.304. The van der Waals surface area contributed by atoms with Crippen LogP contribution < -0.4 is 4.90 Å². The number of likely N-dealkylation sites (tertiary alicyclic amines) is 1. The van der Waals surface area contributed by atoms with Gasteiger partial charge in [-0.3, -0.25) is 9.59 Å². The standard InChI is InChI=1S/C23H22BrFN2O2/c1-14-10-15(2)13-26(12-14)21-20(16-6-8-18(25)9-7-16)22(28)27(23(21)29)19-5-3-4-17(24)11-19/h3-9,11,14-15H,10,12-13H2,1-2H3. The molecule has 0 spiro atoms. The van der Waals surface area contributed by atoms with E-state index in [0.29, 0.717) is 34.4 Å². The molecule has 0 aliphatic carbocycles. The Balaban J connectivity index is 1.84. The van der Waals surface area contributed by atoms with Crippen molar-refractivity contribution in [1.82, 2.24) is 4.90 Å². The van der Waals surface area contributed by atoms with Gasteiger partial charge in [-0.05, 0) is 54.2 Å². The van der Waals surface area contributed by atoms with E-state index in [0.717, 1.165) is 24.0 Å². The molecule has 2 atom stereocenters. The summed E-state index contributed by atoms with van der Waals surface area (Å²) >= 11 is 3.41. The summed E-state index contributed by atoms with van der Waals surface area (Å²) < 4.78 is 14.3. The van der Waals surface area contributed by atoms with E-state index in [1.54, 1.807) is 30.3 Å². The van der Waals surface area contributed by atoms with Gasteiger partial charge in [0.15, 0.2) is 0 Å². The van der Waals surface area contributed by atoms with Crippen LogP contribution in [0, 0.1) is 17.7 Å². The van der Waals surface area contributed by atoms with Crippen molar-refractivity contribution in [3.05, 3.63) is 70.1 Å². The average molecular weight is 457 g/mol. The van der Waals surface area contributed by atoms with E-state index in [-0.39, 0.29) is 17.6 Å². The Morgan fingerprint density at radius 1 is 0.966 bits per heavy atom. The van der Waals surface area contributed by atoms with Gasteiger partial charge in [-0.1, -0.05) is 48.0 Å². The second-order valence-corrected chi connectivity index (χ2v) is 8.92. The van der Waals surface area contributed by atoms with Gasteiger partial charge in [0, 0.05) is 17.6 Å². The van der Waals surface area contributed by atoms with Gasteiger partial charge >= 0.3 is 0 Å². The number of hydrogen-bond donors (Lipinski definition) is 0. The number of hydrogen-bond acceptors (Lipinski definition) is 3. The van der Waals surface area contributed by atoms with Crippen molar-refractivity contribution in [2.45, 2.75) is 20.3 Å². The van der Waals surface area contributed by atoms with E-state index >= 15 is 0 Å². The highest BCUT2D eigenvalue weighted by Gasteiger charge is 2.43. The Morgan fingerprint density at radius 3 is 2.24 bits per heavy atom. The first kappa shape index (κ1) is 19.8. The van der Waals surface area contributed by atoms with Gasteiger partial charge in [-0.15, -0.1) is 0 Å². The van der Waals surface area contributed by atoms with E-state index < -0.39 is 0 Å². The second-order valence-electron chi connectivity index (χ2n) is 8.01. The number of rotatable bonds is 3. The van der Waals surface area contributed by atoms with Gasteiger partial charge in [0.05, 0.1) is 11.3 Å². The Morgan fingerprint density at radius 2 is 1.62 bits per heavy atom. The van der Waals surface area contributed by atoms with Crippen LogP contribution in [0.15, 0.2) is 58.7 Å². The summed E-state index contributed by atoms with van der Waals surface area (Å²) in [6.07, 6.45) is 1.09. The largest absolute Gasteiger partial charge is 0.366 e. The fourth-order valence-electron chi connectivity index (χ4n) is 4.38. The summed E-state index contributed by atoms with van der Waals surface area (Å²) in [5.41, 5.74) is 1.83. The molecule has 1 fully saturated rings. The van der Waals surface area contributed by atoms with Crippen molar-refractivity contribution >= 4 is 39.0 Å². The highest BCUT2D eigenvalue weighted by Crippen LogP contribution is 2.37. The van der Waals surface area contributed by atoms with Crippen LogP contribution in [0.1, 0.15) is 25.8 Å². The summed E-state index contributed by atoms with van der Waals surface area (Å²) in [5.74, 6) is -0.238.